The van der Waals surface area contributed by atoms with Crippen molar-refractivity contribution < 1.29 is 33.8 Å². The standard InChI is InChI=1S/C26H27N3O7S/c1-28(12-13-30)26(34)35-15-19-14-29-23(32)20(27-16-31)24(29)37-22(19)25(33)36-21(17-8-4-2-5-9-17)18-10-6-3-7-11-18/h2-11,14,16,20-22,24,30H,12-13,15H2,1H3,(H,27,31)/t20?,22?,24-/m1/s1. The molecule has 0 saturated carbocycles. The summed E-state index contributed by atoms with van der Waals surface area (Å²) in [7, 11) is 1.48. The first kappa shape index (κ1) is 26.2. The second kappa shape index (κ2) is 11.9. The van der Waals surface area contributed by atoms with Gasteiger partial charge in [-0.05, 0) is 11.1 Å². The van der Waals surface area contributed by atoms with Crippen LogP contribution in [0.15, 0.2) is 72.4 Å². The predicted octanol–water partition coefficient (Wildman–Crippen LogP) is 1.66. The Labute approximate surface area is 218 Å². The van der Waals surface area contributed by atoms with Crippen molar-refractivity contribution >= 4 is 36.1 Å². The number of nitrogens with one attached hydrogen (secondary N) is 1. The molecule has 2 unspecified atom stereocenters. The van der Waals surface area contributed by atoms with E-state index in [4.69, 9.17) is 14.6 Å². The Morgan fingerprint density at radius 3 is 2.32 bits per heavy atom. The molecule has 2 aliphatic rings. The summed E-state index contributed by atoms with van der Waals surface area (Å²) in [5, 5.41) is 10.2. The number of ether oxygens (including phenoxy) is 2. The maximum atomic E-state index is 13.6. The number of likely N-dealkylation sites (N-methyl/N-ethyl adjacent to an activating group) is 1. The summed E-state index contributed by atoms with van der Waals surface area (Å²) < 4.78 is 11.4. The molecule has 2 heterocycles. The number of fused-ring (bicyclic) bond motifs is 1. The average Bonchev–Trinajstić information content (AvgIpc) is 2.93. The highest BCUT2D eigenvalue weighted by Gasteiger charge is 2.52. The molecule has 2 aromatic rings. The Bertz CT molecular complexity index is 1120. The summed E-state index contributed by atoms with van der Waals surface area (Å²) in [5.41, 5.74) is 1.94. The normalized spacial score (nSPS) is 20.3. The molecule has 0 radical (unpaired) electrons. The lowest BCUT2D eigenvalue weighted by Crippen LogP contribution is -2.68. The fourth-order valence-electron chi connectivity index (χ4n) is 4.05. The largest absolute Gasteiger partial charge is 0.451 e. The van der Waals surface area contributed by atoms with Gasteiger partial charge in [0.05, 0.1) is 6.61 Å². The quantitative estimate of drug-likeness (QED) is 0.273. The summed E-state index contributed by atoms with van der Waals surface area (Å²) in [4.78, 5) is 51.9. The lowest BCUT2D eigenvalue weighted by Gasteiger charge is -2.48. The van der Waals surface area contributed by atoms with E-state index in [2.05, 4.69) is 5.32 Å². The first-order valence-electron chi connectivity index (χ1n) is 11.6. The molecule has 0 bridgehead atoms. The van der Waals surface area contributed by atoms with E-state index in [0.717, 1.165) is 22.9 Å². The van der Waals surface area contributed by atoms with Crippen molar-refractivity contribution in [2.75, 3.05) is 26.8 Å². The summed E-state index contributed by atoms with van der Waals surface area (Å²) >= 11 is 1.15. The van der Waals surface area contributed by atoms with Crippen molar-refractivity contribution in [3.63, 3.8) is 0 Å². The van der Waals surface area contributed by atoms with Crippen LogP contribution in [0, 0.1) is 0 Å². The van der Waals surface area contributed by atoms with Crippen molar-refractivity contribution in [1.82, 2.24) is 15.1 Å². The van der Waals surface area contributed by atoms with Crippen LogP contribution < -0.4 is 5.32 Å². The fraction of sp³-hybridized carbons (Fsp3) is 0.308. The number of β-lactam (4-membered cyclic amide) rings is 1. The highest BCUT2D eigenvalue weighted by atomic mass is 32.2. The molecule has 0 aromatic heterocycles. The number of carbonyl (C=O) groups is 4. The van der Waals surface area contributed by atoms with Crippen LogP contribution in [0.3, 0.4) is 0 Å². The monoisotopic (exact) mass is 525 g/mol. The zero-order valence-corrected chi connectivity index (χ0v) is 20.9. The van der Waals surface area contributed by atoms with E-state index in [9.17, 15) is 19.2 Å². The number of hydrogen-bond donors (Lipinski definition) is 2. The first-order valence-corrected chi connectivity index (χ1v) is 12.6. The fourth-order valence-corrected chi connectivity index (χ4v) is 5.44. The van der Waals surface area contributed by atoms with Gasteiger partial charge in [0.2, 0.25) is 6.41 Å². The number of benzene rings is 2. The molecular weight excluding hydrogens is 498 g/mol. The van der Waals surface area contributed by atoms with Gasteiger partial charge in [-0.2, -0.15) is 0 Å². The van der Waals surface area contributed by atoms with E-state index in [1.165, 1.54) is 23.0 Å². The highest BCUT2D eigenvalue weighted by Crippen LogP contribution is 2.42. The van der Waals surface area contributed by atoms with Crippen molar-refractivity contribution in [3.05, 3.63) is 83.6 Å². The van der Waals surface area contributed by atoms with Gasteiger partial charge in [-0.15, -0.1) is 11.8 Å². The molecular formula is C26H27N3O7S. The van der Waals surface area contributed by atoms with Gasteiger partial charge in [0, 0.05) is 25.4 Å². The minimum absolute atomic E-state index is 0.0830. The topological polar surface area (TPSA) is 125 Å². The minimum atomic E-state index is -0.892. The SMILES string of the molecule is CN(CCO)C(=O)OCC1=CN2C(=O)C(NC=O)[C@H]2SC1C(=O)OC(c1ccccc1)c1ccccc1. The van der Waals surface area contributed by atoms with Gasteiger partial charge in [-0.25, -0.2) is 4.79 Å². The van der Waals surface area contributed by atoms with Gasteiger partial charge < -0.3 is 29.7 Å². The number of rotatable bonds is 10. The van der Waals surface area contributed by atoms with Crippen LogP contribution in [-0.2, 0) is 23.9 Å². The third kappa shape index (κ3) is 5.78. The second-order valence-corrected chi connectivity index (χ2v) is 9.68. The minimum Gasteiger partial charge on any atom is -0.451 e. The second-order valence-electron chi connectivity index (χ2n) is 8.46. The average molecular weight is 526 g/mol. The molecule has 0 aliphatic carbocycles. The van der Waals surface area contributed by atoms with Crippen molar-refractivity contribution in [2.24, 2.45) is 0 Å². The van der Waals surface area contributed by atoms with Crippen molar-refractivity contribution in [2.45, 2.75) is 22.8 Å². The maximum Gasteiger partial charge on any atom is 0.409 e. The number of esters is 1. The number of hydrogen-bond acceptors (Lipinski definition) is 8. The molecule has 2 aromatic carbocycles. The van der Waals surface area contributed by atoms with E-state index in [-0.39, 0.29) is 25.7 Å². The van der Waals surface area contributed by atoms with Crippen LogP contribution in [0.25, 0.3) is 0 Å². The van der Waals surface area contributed by atoms with E-state index in [1.807, 2.05) is 60.7 Å². The maximum absolute atomic E-state index is 13.6. The number of aliphatic hydroxyl groups is 1. The summed E-state index contributed by atoms with van der Waals surface area (Å²) in [5.74, 6) is -0.901. The third-order valence-electron chi connectivity index (χ3n) is 6.01. The third-order valence-corrected chi connectivity index (χ3v) is 7.55. The summed E-state index contributed by atoms with van der Waals surface area (Å²) in [6, 6.07) is 17.9. The smallest absolute Gasteiger partial charge is 0.409 e. The number of amides is 3. The molecule has 11 heteroatoms. The molecule has 194 valence electrons. The van der Waals surface area contributed by atoms with Gasteiger partial charge in [0.25, 0.3) is 5.91 Å². The van der Waals surface area contributed by atoms with Gasteiger partial charge in [0.15, 0.2) is 6.10 Å². The zero-order valence-electron chi connectivity index (χ0n) is 20.1. The molecule has 2 aliphatic heterocycles. The number of carbonyl (C=O) groups excluding carboxylic acids is 4. The molecule has 10 nitrogen and oxygen atoms in total. The number of thioether (sulfide) groups is 1. The Balaban J connectivity index is 1.58. The molecule has 2 N–H and O–H groups in total. The van der Waals surface area contributed by atoms with Crippen molar-refractivity contribution in [3.8, 4) is 0 Å². The van der Waals surface area contributed by atoms with E-state index in [1.54, 1.807) is 0 Å². The summed E-state index contributed by atoms with van der Waals surface area (Å²) in [6.45, 7) is -0.404. The van der Waals surface area contributed by atoms with Crippen LogP contribution in [0.4, 0.5) is 4.79 Å². The van der Waals surface area contributed by atoms with Gasteiger partial charge >= 0.3 is 12.1 Å². The van der Waals surface area contributed by atoms with Crippen LogP contribution in [0.5, 0.6) is 0 Å². The van der Waals surface area contributed by atoms with Crippen LogP contribution in [0.2, 0.25) is 0 Å². The molecule has 0 spiro atoms. The first-order chi connectivity index (χ1) is 17.9. The Morgan fingerprint density at radius 2 is 1.76 bits per heavy atom. The lowest BCUT2D eigenvalue weighted by atomic mass is 10.0. The van der Waals surface area contributed by atoms with Crippen molar-refractivity contribution in [1.29, 1.82) is 0 Å². The molecule has 4 rings (SSSR count). The Hall–Kier alpha value is -3.83. The molecule has 37 heavy (non-hydrogen) atoms. The van der Waals surface area contributed by atoms with E-state index in [0.29, 0.717) is 12.0 Å². The van der Waals surface area contributed by atoms with Crippen LogP contribution in [-0.4, -0.2) is 82.8 Å². The number of aliphatic hydroxyl groups excluding tert-OH is 1. The molecule has 1 fully saturated rings. The molecule has 1 saturated heterocycles. The molecule has 3 amide bonds. The van der Waals surface area contributed by atoms with E-state index < -0.39 is 34.8 Å². The van der Waals surface area contributed by atoms with Gasteiger partial charge in [-0.3, -0.25) is 14.4 Å². The molecule has 3 atom stereocenters. The predicted molar refractivity (Wildman–Crippen MR) is 135 cm³/mol. The lowest BCUT2D eigenvalue weighted by molar-refractivity contribution is -0.147. The zero-order chi connectivity index (χ0) is 26.4. The Morgan fingerprint density at radius 1 is 1.14 bits per heavy atom. The number of nitrogens with zero attached hydrogens (tertiary/aromatic N) is 2. The van der Waals surface area contributed by atoms with Gasteiger partial charge in [-0.1, -0.05) is 60.7 Å². The summed E-state index contributed by atoms with van der Waals surface area (Å²) in [6.07, 6.45) is 0.570. The van der Waals surface area contributed by atoms with Crippen LogP contribution >= 0.6 is 11.8 Å². The highest BCUT2D eigenvalue weighted by molar-refractivity contribution is 8.01. The van der Waals surface area contributed by atoms with Crippen LogP contribution in [0.1, 0.15) is 17.2 Å². The Kier molecular flexibility index (Phi) is 8.47. The van der Waals surface area contributed by atoms with Gasteiger partial charge in [0.1, 0.15) is 23.3 Å². The van der Waals surface area contributed by atoms with E-state index >= 15 is 0 Å².